The molecule has 2 rings (SSSR count). The first-order valence-electron chi connectivity index (χ1n) is 3.82. The van der Waals surface area contributed by atoms with E-state index in [1.165, 1.54) is 6.07 Å². The first-order chi connectivity index (χ1) is 6.58. The Balaban J connectivity index is 2.72. The number of phenols is 1. The molecule has 0 radical (unpaired) electrons. The second-order valence-electron chi connectivity index (χ2n) is 2.88. The third-order valence-electron chi connectivity index (χ3n) is 1.92. The summed E-state index contributed by atoms with van der Waals surface area (Å²) in [5, 5.41) is 18.1. The van der Waals surface area contributed by atoms with Gasteiger partial charge in [-0.2, -0.15) is 0 Å². The maximum Gasteiger partial charge on any atom is 0.352 e. The molecule has 72 valence electrons. The van der Waals surface area contributed by atoms with Gasteiger partial charge in [0.25, 0.3) is 0 Å². The molecule has 0 saturated heterocycles. The summed E-state index contributed by atoms with van der Waals surface area (Å²) in [4.78, 5) is 13.1. The minimum absolute atomic E-state index is 0.0370. The van der Waals surface area contributed by atoms with Crippen LogP contribution in [0.5, 0.6) is 5.75 Å². The number of aromatic amines is 1. The highest BCUT2D eigenvalue weighted by Gasteiger charge is 2.09. The fraction of sp³-hybridized carbons (Fsp3) is 0. The molecule has 0 aliphatic rings. The number of aromatic carboxylic acids is 1. The minimum atomic E-state index is -1.12. The predicted octanol–water partition coefficient (Wildman–Crippen LogP) is 1.71. The molecule has 4 nitrogen and oxygen atoms in total. The van der Waals surface area contributed by atoms with E-state index in [1.54, 1.807) is 0 Å². The van der Waals surface area contributed by atoms with Crippen molar-refractivity contribution in [2.24, 2.45) is 0 Å². The van der Waals surface area contributed by atoms with Crippen LogP contribution in [0.2, 0.25) is 0 Å². The molecule has 1 heterocycles. The van der Waals surface area contributed by atoms with Crippen molar-refractivity contribution in [2.75, 3.05) is 0 Å². The van der Waals surface area contributed by atoms with Gasteiger partial charge in [-0.15, -0.1) is 0 Å². The number of fused-ring (bicyclic) bond motifs is 1. The highest BCUT2D eigenvalue weighted by Crippen LogP contribution is 2.23. The number of carbonyl (C=O) groups is 1. The highest BCUT2D eigenvalue weighted by atomic mass is 19.1. The van der Waals surface area contributed by atoms with Crippen LogP contribution < -0.4 is 0 Å². The third-order valence-corrected chi connectivity index (χ3v) is 1.92. The summed E-state index contributed by atoms with van der Waals surface area (Å²) in [7, 11) is 0. The van der Waals surface area contributed by atoms with Gasteiger partial charge in [0, 0.05) is 17.0 Å². The lowest BCUT2D eigenvalue weighted by molar-refractivity contribution is 0.0691. The van der Waals surface area contributed by atoms with Crippen LogP contribution in [0.3, 0.4) is 0 Å². The Kier molecular flexibility index (Phi) is 1.67. The topological polar surface area (TPSA) is 73.3 Å². The molecule has 0 spiro atoms. The zero-order chi connectivity index (χ0) is 10.3. The molecular formula is C9H6FNO3. The Hall–Kier alpha value is -2.04. The van der Waals surface area contributed by atoms with Crippen LogP contribution in [-0.4, -0.2) is 21.2 Å². The van der Waals surface area contributed by atoms with E-state index in [4.69, 9.17) is 10.2 Å². The molecule has 1 aromatic carbocycles. The zero-order valence-electron chi connectivity index (χ0n) is 6.91. The Morgan fingerprint density at radius 1 is 1.36 bits per heavy atom. The first-order valence-corrected chi connectivity index (χ1v) is 3.82. The number of halogens is 1. The molecule has 2 aromatic rings. The largest absolute Gasteiger partial charge is 0.505 e. The maximum absolute atomic E-state index is 12.8. The van der Waals surface area contributed by atoms with E-state index >= 15 is 0 Å². The van der Waals surface area contributed by atoms with Gasteiger partial charge in [0.2, 0.25) is 0 Å². The van der Waals surface area contributed by atoms with E-state index in [2.05, 4.69) is 4.98 Å². The number of carboxylic acids is 1. The molecule has 1 aromatic heterocycles. The van der Waals surface area contributed by atoms with E-state index in [0.29, 0.717) is 10.9 Å². The Morgan fingerprint density at radius 2 is 2.07 bits per heavy atom. The normalized spacial score (nSPS) is 10.6. The molecule has 0 amide bonds. The predicted molar refractivity (Wildman–Crippen MR) is 46.9 cm³/mol. The summed E-state index contributed by atoms with van der Waals surface area (Å²) in [5.74, 6) is -2.40. The number of aromatic hydroxyl groups is 1. The van der Waals surface area contributed by atoms with Crippen LogP contribution in [0.15, 0.2) is 18.2 Å². The lowest BCUT2D eigenvalue weighted by Gasteiger charge is -1.93. The van der Waals surface area contributed by atoms with E-state index in [-0.39, 0.29) is 5.69 Å². The van der Waals surface area contributed by atoms with Crippen LogP contribution in [0, 0.1) is 5.82 Å². The number of nitrogens with one attached hydrogen (secondary N) is 1. The van der Waals surface area contributed by atoms with E-state index in [0.717, 1.165) is 12.1 Å². The third kappa shape index (κ3) is 1.19. The Bertz CT molecular complexity index is 479. The smallest absolute Gasteiger partial charge is 0.352 e. The van der Waals surface area contributed by atoms with Gasteiger partial charge in [0.15, 0.2) is 11.6 Å². The van der Waals surface area contributed by atoms with E-state index in [9.17, 15) is 9.18 Å². The van der Waals surface area contributed by atoms with Gasteiger partial charge in [0.1, 0.15) is 5.69 Å². The first kappa shape index (κ1) is 8.55. The zero-order valence-corrected chi connectivity index (χ0v) is 6.91. The fourth-order valence-corrected chi connectivity index (χ4v) is 1.26. The standard InChI is InChI=1S/C9H6FNO3/c10-5-1-4-2-7(9(13)14)11-6(4)3-8(5)12/h1-3,11-12H,(H,13,14). The summed E-state index contributed by atoms with van der Waals surface area (Å²) in [6, 6.07) is 3.53. The average Bonchev–Trinajstić information content (AvgIpc) is 2.48. The summed E-state index contributed by atoms with van der Waals surface area (Å²) in [5.41, 5.74) is 0.353. The highest BCUT2D eigenvalue weighted by molar-refractivity contribution is 5.94. The Morgan fingerprint density at radius 3 is 2.71 bits per heavy atom. The number of rotatable bonds is 1. The SMILES string of the molecule is O=C(O)c1cc2cc(F)c(O)cc2[nH]1. The van der Waals surface area contributed by atoms with Gasteiger partial charge in [0.05, 0.1) is 0 Å². The average molecular weight is 195 g/mol. The van der Waals surface area contributed by atoms with Crippen molar-refractivity contribution >= 4 is 16.9 Å². The second kappa shape index (κ2) is 2.73. The molecule has 0 bridgehead atoms. The molecule has 14 heavy (non-hydrogen) atoms. The van der Waals surface area contributed by atoms with Gasteiger partial charge in [-0.25, -0.2) is 9.18 Å². The van der Waals surface area contributed by atoms with Crippen molar-refractivity contribution in [1.29, 1.82) is 0 Å². The second-order valence-corrected chi connectivity index (χ2v) is 2.88. The quantitative estimate of drug-likeness (QED) is 0.648. The summed E-state index contributed by atoms with van der Waals surface area (Å²) in [6.07, 6.45) is 0. The minimum Gasteiger partial charge on any atom is -0.505 e. The summed E-state index contributed by atoms with van der Waals surface area (Å²) < 4.78 is 12.8. The number of carboxylic acid groups (broad SMARTS) is 1. The van der Waals surface area contributed by atoms with Gasteiger partial charge >= 0.3 is 5.97 Å². The summed E-state index contributed by atoms with van der Waals surface area (Å²) in [6.45, 7) is 0. The van der Waals surface area contributed by atoms with Crippen molar-refractivity contribution in [3.05, 3.63) is 29.7 Å². The van der Waals surface area contributed by atoms with Crippen LogP contribution >= 0.6 is 0 Å². The molecule has 0 aliphatic carbocycles. The number of phenolic OH excluding ortho intramolecular Hbond substituents is 1. The van der Waals surface area contributed by atoms with Crippen LogP contribution in [-0.2, 0) is 0 Å². The lowest BCUT2D eigenvalue weighted by atomic mass is 10.2. The van der Waals surface area contributed by atoms with Gasteiger partial charge in [-0.05, 0) is 12.1 Å². The van der Waals surface area contributed by atoms with E-state index < -0.39 is 17.5 Å². The Labute approximate surface area is 77.6 Å². The van der Waals surface area contributed by atoms with Crippen molar-refractivity contribution in [2.45, 2.75) is 0 Å². The van der Waals surface area contributed by atoms with E-state index in [1.807, 2.05) is 0 Å². The molecular weight excluding hydrogens is 189 g/mol. The van der Waals surface area contributed by atoms with Crippen molar-refractivity contribution in [3.8, 4) is 5.75 Å². The van der Waals surface area contributed by atoms with Crippen molar-refractivity contribution in [3.63, 3.8) is 0 Å². The summed E-state index contributed by atoms with van der Waals surface area (Å²) >= 11 is 0. The molecule has 3 N–H and O–H groups in total. The molecule has 0 aliphatic heterocycles. The maximum atomic E-state index is 12.8. The number of H-pyrrole nitrogens is 1. The molecule has 0 fully saturated rings. The van der Waals surface area contributed by atoms with Gasteiger partial charge in [-0.3, -0.25) is 0 Å². The number of hydrogen-bond acceptors (Lipinski definition) is 2. The fourth-order valence-electron chi connectivity index (χ4n) is 1.26. The molecule has 0 unspecified atom stereocenters. The van der Waals surface area contributed by atoms with Crippen LogP contribution in [0.1, 0.15) is 10.5 Å². The number of aromatic nitrogens is 1. The number of hydrogen-bond donors (Lipinski definition) is 3. The monoisotopic (exact) mass is 195 g/mol. The van der Waals surface area contributed by atoms with Crippen molar-refractivity contribution in [1.82, 2.24) is 4.98 Å². The number of benzene rings is 1. The molecule has 0 atom stereocenters. The van der Waals surface area contributed by atoms with Crippen LogP contribution in [0.4, 0.5) is 4.39 Å². The van der Waals surface area contributed by atoms with Crippen LogP contribution in [0.25, 0.3) is 10.9 Å². The van der Waals surface area contributed by atoms with Crippen molar-refractivity contribution < 1.29 is 19.4 Å². The lowest BCUT2D eigenvalue weighted by Crippen LogP contribution is -1.94. The molecule has 5 heteroatoms. The van der Waals surface area contributed by atoms with Gasteiger partial charge < -0.3 is 15.2 Å². The molecule has 0 saturated carbocycles. The van der Waals surface area contributed by atoms with Gasteiger partial charge in [-0.1, -0.05) is 0 Å².